The van der Waals surface area contributed by atoms with Crippen molar-refractivity contribution in [2.45, 2.75) is 50.2 Å². The molecule has 0 spiro atoms. The number of likely N-dealkylation sites (N-methyl/N-ethyl adjacent to an activating group) is 1. The van der Waals surface area contributed by atoms with Crippen molar-refractivity contribution in [3.63, 3.8) is 0 Å². The molecule has 3 aliphatic heterocycles. The first-order chi connectivity index (χ1) is 8.24. The van der Waals surface area contributed by atoms with Crippen LogP contribution in [0.4, 0.5) is 0 Å². The molecular weight excluding hydrogens is 214 g/mol. The first-order valence-electron chi connectivity index (χ1n) is 6.98. The number of carbonyl (C=O) groups excluding carboxylic acids is 1. The van der Waals surface area contributed by atoms with E-state index in [2.05, 4.69) is 22.6 Å². The van der Waals surface area contributed by atoms with E-state index in [0.29, 0.717) is 18.1 Å². The number of likely N-dealkylation sites (tertiary alicyclic amines) is 1. The fourth-order valence-electron chi connectivity index (χ4n) is 3.70. The Hall–Kier alpha value is -0.610. The lowest BCUT2D eigenvalue weighted by molar-refractivity contribution is -0.125. The lowest BCUT2D eigenvalue weighted by Gasteiger charge is -2.23. The number of carbonyl (C=O) groups is 1. The summed E-state index contributed by atoms with van der Waals surface area (Å²) in [5, 5.41) is 6.69. The van der Waals surface area contributed by atoms with Crippen molar-refractivity contribution < 1.29 is 4.79 Å². The highest BCUT2D eigenvalue weighted by Gasteiger charge is 2.42. The average Bonchev–Trinajstić information content (AvgIpc) is 3.01. The molecular formula is C13H23N3O. The van der Waals surface area contributed by atoms with Gasteiger partial charge in [0.05, 0.1) is 5.92 Å². The SMILES string of the molecule is CN1CCCC1CNC(=O)C1CC2CCC1N2. The number of amides is 1. The van der Waals surface area contributed by atoms with Crippen LogP contribution in [0.2, 0.25) is 0 Å². The summed E-state index contributed by atoms with van der Waals surface area (Å²) in [6.07, 6.45) is 6.00. The smallest absolute Gasteiger partial charge is 0.224 e. The molecule has 0 aromatic rings. The van der Waals surface area contributed by atoms with E-state index < -0.39 is 0 Å². The van der Waals surface area contributed by atoms with Gasteiger partial charge in [0.2, 0.25) is 5.91 Å². The number of hydrogen-bond donors (Lipinski definition) is 2. The van der Waals surface area contributed by atoms with Gasteiger partial charge in [0.15, 0.2) is 0 Å². The molecule has 1 amide bonds. The number of rotatable bonds is 3. The number of hydrogen-bond acceptors (Lipinski definition) is 3. The molecule has 4 atom stereocenters. The topological polar surface area (TPSA) is 44.4 Å². The maximum absolute atomic E-state index is 12.1. The van der Waals surface area contributed by atoms with E-state index in [9.17, 15) is 4.79 Å². The molecule has 4 nitrogen and oxygen atoms in total. The van der Waals surface area contributed by atoms with Gasteiger partial charge in [0.25, 0.3) is 0 Å². The zero-order valence-electron chi connectivity index (χ0n) is 10.6. The van der Waals surface area contributed by atoms with Crippen molar-refractivity contribution in [1.82, 2.24) is 15.5 Å². The molecule has 2 N–H and O–H groups in total. The molecule has 3 heterocycles. The van der Waals surface area contributed by atoms with Crippen LogP contribution in [0.1, 0.15) is 32.1 Å². The van der Waals surface area contributed by atoms with Crippen molar-refractivity contribution in [1.29, 1.82) is 0 Å². The molecule has 4 heteroatoms. The number of nitrogens with one attached hydrogen (secondary N) is 2. The van der Waals surface area contributed by atoms with Gasteiger partial charge in [0, 0.05) is 24.7 Å². The van der Waals surface area contributed by atoms with Crippen LogP contribution in [0.3, 0.4) is 0 Å². The molecule has 0 aromatic heterocycles. The van der Waals surface area contributed by atoms with E-state index in [1.165, 1.54) is 32.2 Å². The predicted molar refractivity (Wildman–Crippen MR) is 66.7 cm³/mol. The van der Waals surface area contributed by atoms with Gasteiger partial charge in [-0.15, -0.1) is 0 Å². The monoisotopic (exact) mass is 237 g/mol. The summed E-state index contributed by atoms with van der Waals surface area (Å²) in [6, 6.07) is 1.64. The predicted octanol–water partition coefficient (Wildman–Crippen LogP) is 0.337. The summed E-state index contributed by atoms with van der Waals surface area (Å²) >= 11 is 0. The Morgan fingerprint density at radius 1 is 1.41 bits per heavy atom. The molecule has 3 saturated heterocycles. The standard InChI is InChI=1S/C13H23N3O/c1-16-6-2-3-10(16)8-14-13(17)11-7-9-4-5-12(11)15-9/h9-12,15H,2-8H2,1H3,(H,14,17). The Morgan fingerprint density at radius 3 is 2.88 bits per heavy atom. The second-order valence-electron chi connectivity index (χ2n) is 5.91. The van der Waals surface area contributed by atoms with Crippen LogP contribution in [-0.2, 0) is 4.79 Å². The van der Waals surface area contributed by atoms with E-state index in [4.69, 9.17) is 0 Å². The van der Waals surface area contributed by atoms with Gasteiger partial charge < -0.3 is 15.5 Å². The molecule has 17 heavy (non-hydrogen) atoms. The highest BCUT2D eigenvalue weighted by molar-refractivity contribution is 5.80. The number of fused-ring (bicyclic) bond motifs is 2. The number of nitrogens with zero attached hydrogens (tertiary/aromatic N) is 1. The Bertz CT molecular complexity index is 307. The van der Waals surface area contributed by atoms with E-state index in [0.717, 1.165) is 13.0 Å². The molecule has 3 rings (SSSR count). The third-order valence-electron chi connectivity index (χ3n) is 4.82. The molecule has 3 fully saturated rings. The Kier molecular flexibility index (Phi) is 3.09. The van der Waals surface area contributed by atoms with Crippen molar-refractivity contribution in [3.05, 3.63) is 0 Å². The van der Waals surface area contributed by atoms with Gasteiger partial charge in [-0.3, -0.25) is 4.79 Å². The molecule has 4 unspecified atom stereocenters. The second-order valence-corrected chi connectivity index (χ2v) is 5.91. The summed E-state index contributed by atoms with van der Waals surface area (Å²) < 4.78 is 0. The molecule has 0 saturated carbocycles. The van der Waals surface area contributed by atoms with Crippen molar-refractivity contribution in [2.75, 3.05) is 20.1 Å². The fraction of sp³-hybridized carbons (Fsp3) is 0.923. The van der Waals surface area contributed by atoms with Crippen molar-refractivity contribution in [2.24, 2.45) is 5.92 Å². The summed E-state index contributed by atoms with van der Waals surface area (Å²) in [5.41, 5.74) is 0. The van der Waals surface area contributed by atoms with Crippen LogP contribution in [-0.4, -0.2) is 49.1 Å². The average molecular weight is 237 g/mol. The van der Waals surface area contributed by atoms with Gasteiger partial charge in [-0.05, 0) is 45.7 Å². The van der Waals surface area contributed by atoms with Crippen molar-refractivity contribution >= 4 is 5.91 Å². The highest BCUT2D eigenvalue weighted by Crippen LogP contribution is 2.33. The molecule has 3 aliphatic rings. The van der Waals surface area contributed by atoms with Crippen LogP contribution in [0, 0.1) is 5.92 Å². The first kappa shape index (κ1) is 11.5. The van der Waals surface area contributed by atoms with E-state index >= 15 is 0 Å². The fourth-order valence-corrected chi connectivity index (χ4v) is 3.70. The van der Waals surface area contributed by atoms with Gasteiger partial charge in [-0.2, -0.15) is 0 Å². The zero-order valence-corrected chi connectivity index (χ0v) is 10.6. The van der Waals surface area contributed by atoms with Gasteiger partial charge in [-0.25, -0.2) is 0 Å². The molecule has 0 aromatic carbocycles. The Labute approximate surface area is 103 Å². The first-order valence-corrected chi connectivity index (χ1v) is 6.98. The Balaban J connectivity index is 1.47. The normalized spacial score (nSPS) is 41.0. The van der Waals surface area contributed by atoms with Crippen LogP contribution in [0.15, 0.2) is 0 Å². The van der Waals surface area contributed by atoms with Gasteiger partial charge in [0.1, 0.15) is 0 Å². The third kappa shape index (κ3) is 2.20. The Morgan fingerprint density at radius 2 is 2.29 bits per heavy atom. The minimum Gasteiger partial charge on any atom is -0.354 e. The molecule has 96 valence electrons. The van der Waals surface area contributed by atoms with E-state index in [1.54, 1.807) is 0 Å². The largest absolute Gasteiger partial charge is 0.354 e. The molecule has 0 radical (unpaired) electrons. The summed E-state index contributed by atoms with van der Waals surface area (Å²) in [5.74, 6) is 0.519. The molecule has 0 aliphatic carbocycles. The van der Waals surface area contributed by atoms with E-state index in [-0.39, 0.29) is 11.8 Å². The van der Waals surface area contributed by atoms with Crippen LogP contribution >= 0.6 is 0 Å². The quantitative estimate of drug-likeness (QED) is 0.744. The maximum Gasteiger partial charge on any atom is 0.224 e. The van der Waals surface area contributed by atoms with Crippen LogP contribution in [0.5, 0.6) is 0 Å². The lowest BCUT2D eigenvalue weighted by atomic mass is 9.88. The summed E-state index contributed by atoms with van der Waals surface area (Å²) in [4.78, 5) is 14.5. The minimum absolute atomic E-state index is 0.237. The zero-order chi connectivity index (χ0) is 11.8. The van der Waals surface area contributed by atoms with E-state index in [1.807, 2.05) is 0 Å². The summed E-state index contributed by atoms with van der Waals surface area (Å²) in [6.45, 7) is 2.01. The van der Waals surface area contributed by atoms with Gasteiger partial charge in [-0.1, -0.05) is 0 Å². The van der Waals surface area contributed by atoms with Gasteiger partial charge >= 0.3 is 0 Å². The second kappa shape index (κ2) is 4.58. The summed E-state index contributed by atoms with van der Waals surface area (Å²) in [7, 11) is 2.16. The minimum atomic E-state index is 0.237. The maximum atomic E-state index is 12.1. The molecule has 2 bridgehead atoms. The highest BCUT2D eigenvalue weighted by atomic mass is 16.2. The van der Waals surface area contributed by atoms with Crippen LogP contribution in [0.25, 0.3) is 0 Å². The third-order valence-corrected chi connectivity index (χ3v) is 4.82. The van der Waals surface area contributed by atoms with Crippen molar-refractivity contribution in [3.8, 4) is 0 Å². The van der Waals surface area contributed by atoms with Crippen LogP contribution < -0.4 is 10.6 Å². The lowest BCUT2D eigenvalue weighted by Crippen LogP contribution is -2.43.